The van der Waals surface area contributed by atoms with Crippen LogP contribution >= 0.6 is 22.9 Å². The number of amides is 1. The first-order valence-corrected chi connectivity index (χ1v) is 11.9. The van der Waals surface area contributed by atoms with E-state index in [0.717, 1.165) is 17.4 Å². The molecule has 0 spiro atoms. The van der Waals surface area contributed by atoms with E-state index in [4.69, 9.17) is 11.6 Å². The van der Waals surface area contributed by atoms with E-state index >= 15 is 0 Å². The molecule has 3 rings (SSSR count). The van der Waals surface area contributed by atoms with Crippen LogP contribution in [0.25, 0.3) is 0 Å². The summed E-state index contributed by atoms with van der Waals surface area (Å²) in [5, 5.41) is 2.38. The van der Waals surface area contributed by atoms with Crippen molar-refractivity contribution in [3.63, 3.8) is 0 Å². The molecule has 0 radical (unpaired) electrons. The highest BCUT2D eigenvalue weighted by Gasteiger charge is 2.36. The summed E-state index contributed by atoms with van der Waals surface area (Å²) < 4.78 is 66.6. The molecule has 11 heteroatoms. The molecule has 1 aromatic carbocycles. The zero-order chi connectivity index (χ0) is 22.1. The molecule has 0 saturated carbocycles. The summed E-state index contributed by atoms with van der Waals surface area (Å²) in [4.78, 5) is 12.6. The van der Waals surface area contributed by atoms with Crippen LogP contribution in [0.1, 0.15) is 25.3 Å². The van der Waals surface area contributed by atoms with Crippen molar-refractivity contribution < 1.29 is 26.4 Å². The molecule has 1 aliphatic heterocycles. The van der Waals surface area contributed by atoms with Crippen LogP contribution < -0.4 is 5.32 Å². The number of alkyl halides is 3. The Labute approximate surface area is 181 Å². The number of benzene rings is 1. The van der Waals surface area contributed by atoms with Crippen molar-refractivity contribution in [2.24, 2.45) is 11.8 Å². The van der Waals surface area contributed by atoms with Crippen molar-refractivity contribution in [3.8, 4) is 0 Å². The molecule has 1 aromatic heterocycles. The van der Waals surface area contributed by atoms with Gasteiger partial charge in [-0.05, 0) is 43.0 Å². The van der Waals surface area contributed by atoms with Gasteiger partial charge in [0.05, 0.1) is 15.6 Å². The second-order valence-electron chi connectivity index (χ2n) is 7.12. The lowest BCUT2D eigenvalue weighted by atomic mass is 9.85. The number of anilines is 1. The van der Waals surface area contributed by atoms with Gasteiger partial charge in [0.1, 0.15) is 4.21 Å². The lowest BCUT2D eigenvalue weighted by Crippen LogP contribution is -2.41. The average Bonchev–Trinajstić information content (AvgIpc) is 3.14. The molecule has 5 nitrogen and oxygen atoms in total. The fourth-order valence-electron chi connectivity index (χ4n) is 3.48. The summed E-state index contributed by atoms with van der Waals surface area (Å²) in [7, 11) is -3.64. The molecule has 1 amide bonds. The van der Waals surface area contributed by atoms with Gasteiger partial charge in [-0.25, -0.2) is 8.42 Å². The van der Waals surface area contributed by atoms with Crippen LogP contribution in [-0.4, -0.2) is 31.7 Å². The maximum atomic E-state index is 13.1. The molecule has 2 heterocycles. The second-order valence-corrected chi connectivity index (χ2v) is 11.0. The molecular weight excluding hydrogens is 461 g/mol. The van der Waals surface area contributed by atoms with Gasteiger partial charge in [0.2, 0.25) is 5.91 Å². The number of thiophene rings is 1. The quantitative estimate of drug-likeness (QED) is 0.647. The van der Waals surface area contributed by atoms with Gasteiger partial charge in [0, 0.05) is 19.0 Å². The summed E-state index contributed by atoms with van der Waals surface area (Å²) in [5.74, 6) is -1.22. The highest BCUT2D eigenvalue weighted by Crippen LogP contribution is 2.36. The second kappa shape index (κ2) is 8.86. The van der Waals surface area contributed by atoms with E-state index in [0.29, 0.717) is 17.2 Å². The van der Waals surface area contributed by atoms with Crippen LogP contribution in [0, 0.1) is 11.8 Å². The highest BCUT2D eigenvalue weighted by molar-refractivity contribution is 7.91. The Bertz CT molecular complexity index is 1020. The third-order valence-corrected chi connectivity index (χ3v) is 8.85. The van der Waals surface area contributed by atoms with Gasteiger partial charge in [0.25, 0.3) is 10.0 Å². The number of sulfonamides is 1. The first kappa shape index (κ1) is 23.1. The lowest BCUT2D eigenvalue weighted by molar-refractivity contribution is -0.137. The largest absolute Gasteiger partial charge is 0.418 e. The molecule has 1 fully saturated rings. The summed E-state index contributed by atoms with van der Waals surface area (Å²) in [6.45, 7) is 2.12. The zero-order valence-corrected chi connectivity index (χ0v) is 18.3. The molecule has 1 saturated heterocycles. The zero-order valence-electron chi connectivity index (χ0n) is 15.9. The predicted octanol–water partition coefficient (Wildman–Crippen LogP) is 5.10. The molecule has 1 aliphatic rings. The Balaban J connectivity index is 1.63. The summed E-state index contributed by atoms with van der Waals surface area (Å²) in [6, 6.07) is 7.81. The number of carbonyl (C=O) groups is 1. The number of nitrogens with zero attached hydrogens (tertiary/aromatic N) is 1. The van der Waals surface area contributed by atoms with Crippen molar-refractivity contribution in [2.45, 2.75) is 30.2 Å². The van der Waals surface area contributed by atoms with Gasteiger partial charge < -0.3 is 5.32 Å². The number of carbonyl (C=O) groups excluding carboxylic acids is 1. The number of hydrogen-bond acceptors (Lipinski definition) is 4. The molecule has 0 aliphatic carbocycles. The highest BCUT2D eigenvalue weighted by atomic mass is 35.5. The van der Waals surface area contributed by atoms with Crippen LogP contribution in [0.3, 0.4) is 0 Å². The first-order chi connectivity index (χ1) is 14.0. The Morgan fingerprint density at radius 3 is 2.40 bits per heavy atom. The van der Waals surface area contributed by atoms with Crippen molar-refractivity contribution in [2.75, 3.05) is 18.4 Å². The average molecular weight is 481 g/mol. The standard InChI is InChI=1S/C19H20ClF3N2O3S2/c1-12(18(26)24-15-5-3-2-4-14(15)19(21,22)23)13-8-10-25(11-9-13)30(27,28)17-7-6-16(20)29-17/h2-7,12-13H,8-11H2,1H3,(H,24,26)/t12-/m0/s1. The predicted molar refractivity (Wildman–Crippen MR) is 110 cm³/mol. The minimum Gasteiger partial charge on any atom is -0.325 e. The van der Waals surface area contributed by atoms with E-state index in [2.05, 4.69) is 5.32 Å². The fourth-order valence-corrected chi connectivity index (χ4v) is 6.59. The molecule has 1 atom stereocenters. The third-order valence-electron chi connectivity index (χ3n) is 5.25. The maximum Gasteiger partial charge on any atom is 0.418 e. The first-order valence-electron chi connectivity index (χ1n) is 9.22. The monoisotopic (exact) mass is 480 g/mol. The van der Waals surface area contributed by atoms with Crippen LogP contribution in [0.2, 0.25) is 4.34 Å². The van der Waals surface area contributed by atoms with E-state index in [9.17, 15) is 26.4 Å². The number of nitrogens with one attached hydrogen (secondary N) is 1. The number of para-hydroxylation sites is 1. The Morgan fingerprint density at radius 1 is 1.20 bits per heavy atom. The summed E-state index contributed by atoms with van der Waals surface area (Å²) in [5.41, 5.74) is -1.18. The lowest BCUT2D eigenvalue weighted by Gasteiger charge is -2.33. The molecule has 0 unspecified atom stereocenters. The Hall–Kier alpha value is -1.62. The van der Waals surface area contributed by atoms with Crippen molar-refractivity contribution in [3.05, 3.63) is 46.3 Å². The van der Waals surface area contributed by atoms with Gasteiger partial charge in [-0.15, -0.1) is 11.3 Å². The number of halogens is 4. The van der Waals surface area contributed by atoms with E-state index in [1.165, 1.54) is 34.6 Å². The van der Waals surface area contributed by atoms with Crippen LogP contribution in [0.4, 0.5) is 18.9 Å². The number of piperidine rings is 1. The minimum atomic E-state index is -4.57. The summed E-state index contributed by atoms with van der Waals surface area (Å²) in [6.07, 6.45) is -3.70. The number of hydrogen-bond donors (Lipinski definition) is 1. The van der Waals surface area contributed by atoms with E-state index in [-0.39, 0.29) is 28.9 Å². The van der Waals surface area contributed by atoms with Crippen molar-refractivity contribution in [1.82, 2.24) is 4.31 Å². The van der Waals surface area contributed by atoms with Gasteiger partial charge >= 0.3 is 6.18 Å². The molecule has 30 heavy (non-hydrogen) atoms. The van der Waals surface area contributed by atoms with Crippen LogP contribution in [-0.2, 0) is 21.0 Å². The molecule has 1 N–H and O–H groups in total. The van der Waals surface area contributed by atoms with E-state index < -0.39 is 33.6 Å². The smallest absolute Gasteiger partial charge is 0.325 e. The molecule has 0 bridgehead atoms. The van der Waals surface area contributed by atoms with E-state index in [1.807, 2.05) is 0 Å². The van der Waals surface area contributed by atoms with Crippen molar-refractivity contribution >= 4 is 44.6 Å². The molecular formula is C19H20ClF3N2O3S2. The SMILES string of the molecule is C[C@H](C(=O)Nc1ccccc1C(F)(F)F)C1CCN(S(=O)(=O)c2ccc(Cl)s2)CC1. The Kier molecular flexibility index (Phi) is 6.81. The molecule has 2 aromatic rings. The van der Waals surface area contributed by atoms with E-state index in [1.54, 1.807) is 6.92 Å². The van der Waals surface area contributed by atoms with Gasteiger partial charge in [-0.3, -0.25) is 4.79 Å². The number of rotatable bonds is 5. The normalized spacial score (nSPS) is 17.6. The molecule has 164 valence electrons. The minimum absolute atomic E-state index is 0.138. The maximum absolute atomic E-state index is 13.1. The Morgan fingerprint density at radius 2 is 1.83 bits per heavy atom. The third kappa shape index (κ3) is 4.99. The topological polar surface area (TPSA) is 66.5 Å². The van der Waals surface area contributed by atoms with Crippen LogP contribution in [0.5, 0.6) is 0 Å². The van der Waals surface area contributed by atoms with Gasteiger partial charge in [-0.2, -0.15) is 17.5 Å². The summed E-state index contributed by atoms with van der Waals surface area (Å²) >= 11 is 6.82. The van der Waals surface area contributed by atoms with Gasteiger partial charge in [-0.1, -0.05) is 30.7 Å². The van der Waals surface area contributed by atoms with Gasteiger partial charge in [0.15, 0.2) is 0 Å². The van der Waals surface area contributed by atoms with Crippen molar-refractivity contribution in [1.29, 1.82) is 0 Å². The fraction of sp³-hybridized carbons (Fsp3) is 0.421. The van der Waals surface area contributed by atoms with Crippen LogP contribution in [0.15, 0.2) is 40.6 Å².